The van der Waals surface area contributed by atoms with Gasteiger partial charge in [-0.15, -0.1) is 0 Å². The maximum Gasteiger partial charge on any atom is 0.238 e. The Morgan fingerprint density at radius 3 is 2.63 bits per heavy atom. The van der Waals surface area contributed by atoms with Crippen LogP contribution >= 0.6 is 11.8 Å². The molecule has 0 aliphatic heterocycles. The van der Waals surface area contributed by atoms with Gasteiger partial charge in [0, 0.05) is 17.9 Å². The van der Waals surface area contributed by atoms with Crippen molar-refractivity contribution in [3.8, 4) is 11.5 Å². The van der Waals surface area contributed by atoms with Crippen LogP contribution in [0, 0.1) is 5.82 Å². The molecule has 0 unspecified atom stereocenters. The zero-order valence-electron chi connectivity index (χ0n) is 16.1. The van der Waals surface area contributed by atoms with Crippen molar-refractivity contribution in [2.75, 3.05) is 0 Å². The van der Waals surface area contributed by atoms with Crippen molar-refractivity contribution in [3.63, 3.8) is 0 Å². The molecular weight excluding hydrogens is 427 g/mol. The number of primary sulfonamides is 1. The van der Waals surface area contributed by atoms with Crippen LogP contribution in [0.3, 0.4) is 0 Å². The van der Waals surface area contributed by atoms with Gasteiger partial charge in [0.25, 0.3) is 0 Å². The molecule has 0 radical (unpaired) electrons. The number of hydrogen-bond acceptors (Lipinski definition) is 6. The number of nitrogens with two attached hydrogens (primary N) is 1. The Labute approximate surface area is 177 Å². The van der Waals surface area contributed by atoms with Crippen molar-refractivity contribution in [3.05, 3.63) is 60.2 Å². The van der Waals surface area contributed by atoms with E-state index in [1.54, 1.807) is 24.5 Å². The third kappa shape index (κ3) is 4.25. The highest BCUT2D eigenvalue weighted by Crippen LogP contribution is 2.29. The molecule has 0 bridgehead atoms. The normalized spacial score (nSPS) is 12.0. The number of oxazole rings is 1. The van der Waals surface area contributed by atoms with Gasteiger partial charge in [-0.05, 0) is 48.9 Å². The molecule has 30 heavy (non-hydrogen) atoms. The second kappa shape index (κ2) is 8.21. The zero-order valence-corrected chi connectivity index (χ0v) is 17.7. The maximum absolute atomic E-state index is 13.1. The van der Waals surface area contributed by atoms with E-state index in [0.29, 0.717) is 22.7 Å². The first-order valence-corrected chi connectivity index (χ1v) is 11.7. The van der Waals surface area contributed by atoms with Crippen LogP contribution in [0.1, 0.15) is 19.0 Å². The quantitative estimate of drug-likeness (QED) is 0.427. The lowest BCUT2D eigenvalue weighted by molar-refractivity contribution is 0.572. The Bertz CT molecular complexity index is 1300. The van der Waals surface area contributed by atoms with E-state index in [9.17, 15) is 12.8 Å². The van der Waals surface area contributed by atoms with E-state index >= 15 is 0 Å². The summed E-state index contributed by atoms with van der Waals surface area (Å²) in [7, 11) is -3.79. The third-order valence-electron chi connectivity index (χ3n) is 4.45. The number of aromatic nitrogens is 3. The number of hydrogen-bond donors (Lipinski definition) is 1. The first kappa shape index (κ1) is 20.6. The number of nitrogens with zero attached hydrogens (tertiary/aromatic N) is 3. The van der Waals surface area contributed by atoms with Gasteiger partial charge < -0.3 is 8.98 Å². The van der Waals surface area contributed by atoms with Crippen molar-refractivity contribution < 1.29 is 17.2 Å². The van der Waals surface area contributed by atoms with Gasteiger partial charge in [0.05, 0.1) is 21.6 Å². The van der Waals surface area contributed by atoms with Crippen molar-refractivity contribution in [2.24, 2.45) is 5.14 Å². The molecule has 10 heteroatoms. The number of sulfonamides is 1. The molecule has 156 valence electrons. The summed E-state index contributed by atoms with van der Waals surface area (Å²) in [6, 6.07) is 10.7. The molecule has 0 fully saturated rings. The molecule has 2 heterocycles. The Balaban J connectivity index is 1.59. The number of fused-ring (bicyclic) bond motifs is 1. The van der Waals surface area contributed by atoms with E-state index in [0.717, 1.165) is 29.3 Å². The Hall–Kier alpha value is -2.69. The number of imidazole rings is 1. The van der Waals surface area contributed by atoms with Gasteiger partial charge >= 0.3 is 0 Å². The van der Waals surface area contributed by atoms with Crippen LogP contribution in [0.25, 0.3) is 22.5 Å². The second-order valence-corrected chi connectivity index (χ2v) is 9.19. The minimum absolute atomic E-state index is 0.0353. The number of rotatable bonds is 7. The van der Waals surface area contributed by atoms with Crippen molar-refractivity contribution in [1.29, 1.82) is 0 Å². The average molecular weight is 447 g/mol. The molecule has 7 nitrogen and oxygen atoms in total. The van der Waals surface area contributed by atoms with E-state index in [2.05, 4.69) is 16.9 Å². The van der Waals surface area contributed by atoms with Gasteiger partial charge in [0.1, 0.15) is 12.1 Å². The highest BCUT2D eigenvalue weighted by Gasteiger charge is 2.16. The van der Waals surface area contributed by atoms with E-state index < -0.39 is 10.0 Å². The molecule has 2 aromatic heterocycles. The molecule has 2 N–H and O–H groups in total. The highest BCUT2D eigenvalue weighted by molar-refractivity contribution is 7.98. The molecule has 0 atom stereocenters. The summed E-state index contributed by atoms with van der Waals surface area (Å²) in [5, 5.41) is 5.99. The fraction of sp³-hybridized carbons (Fsp3) is 0.200. The first-order valence-electron chi connectivity index (χ1n) is 9.21. The summed E-state index contributed by atoms with van der Waals surface area (Å²) in [6.07, 6.45) is 2.46. The van der Waals surface area contributed by atoms with Gasteiger partial charge in [-0.25, -0.2) is 27.9 Å². The fourth-order valence-electron chi connectivity index (χ4n) is 3.05. The molecule has 0 aliphatic carbocycles. The molecular formula is C20H19FN4O3S2. The van der Waals surface area contributed by atoms with Crippen molar-refractivity contribution >= 4 is 32.8 Å². The summed E-state index contributed by atoms with van der Waals surface area (Å²) >= 11 is 1.48. The molecule has 4 aromatic rings. The maximum atomic E-state index is 13.1. The number of thioether (sulfide) groups is 1. The lowest BCUT2D eigenvalue weighted by Gasteiger charge is -2.06. The van der Waals surface area contributed by atoms with Crippen LogP contribution in [0.2, 0.25) is 0 Å². The minimum Gasteiger partial charge on any atom is -0.444 e. The molecule has 0 spiro atoms. The van der Waals surface area contributed by atoms with Crippen LogP contribution in [-0.2, 0) is 22.3 Å². The summed E-state index contributed by atoms with van der Waals surface area (Å²) in [6.45, 7) is 2.80. The second-order valence-electron chi connectivity index (χ2n) is 6.68. The first-order chi connectivity index (χ1) is 14.3. The average Bonchev–Trinajstić information content (AvgIpc) is 3.31. The molecule has 0 aliphatic rings. The topological polar surface area (TPSA) is 104 Å². The van der Waals surface area contributed by atoms with Gasteiger partial charge in [0.15, 0.2) is 5.16 Å². The number of halogens is 1. The smallest absolute Gasteiger partial charge is 0.238 e. The van der Waals surface area contributed by atoms with E-state index in [4.69, 9.17) is 9.56 Å². The largest absolute Gasteiger partial charge is 0.444 e. The minimum atomic E-state index is -3.79. The van der Waals surface area contributed by atoms with E-state index in [-0.39, 0.29) is 10.7 Å². The predicted octanol–water partition coefficient (Wildman–Crippen LogP) is 4.18. The summed E-state index contributed by atoms with van der Waals surface area (Å²) < 4.78 is 43.9. The monoisotopic (exact) mass is 446 g/mol. The summed E-state index contributed by atoms with van der Waals surface area (Å²) in [4.78, 5) is 9.09. The van der Waals surface area contributed by atoms with Gasteiger partial charge in [-0.3, -0.25) is 0 Å². The van der Waals surface area contributed by atoms with E-state index in [1.807, 2.05) is 4.57 Å². The molecule has 0 amide bonds. The van der Waals surface area contributed by atoms with Crippen LogP contribution in [0.5, 0.6) is 0 Å². The zero-order chi connectivity index (χ0) is 21.3. The number of benzene rings is 2. The van der Waals surface area contributed by atoms with Crippen LogP contribution < -0.4 is 5.14 Å². The molecule has 2 aromatic carbocycles. The van der Waals surface area contributed by atoms with Crippen molar-refractivity contribution in [1.82, 2.24) is 14.5 Å². The lowest BCUT2D eigenvalue weighted by Crippen LogP contribution is -2.11. The molecule has 4 rings (SSSR count). The fourth-order valence-corrected chi connectivity index (χ4v) is 4.50. The SMILES string of the molecule is CCCn1c(SCc2coc(-c3ccc(F)cc3)n2)nc2cc(S(N)(=O)=O)ccc21. The summed E-state index contributed by atoms with van der Waals surface area (Å²) in [5.41, 5.74) is 2.84. The predicted molar refractivity (Wildman–Crippen MR) is 113 cm³/mol. The van der Waals surface area contributed by atoms with Gasteiger partial charge in [-0.1, -0.05) is 18.7 Å². The highest BCUT2D eigenvalue weighted by atomic mass is 32.2. The Morgan fingerprint density at radius 1 is 1.17 bits per heavy atom. The van der Waals surface area contributed by atoms with Gasteiger partial charge in [0.2, 0.25) is 15.9 Å². The Morgan fingerprint density at radius 2 is 1.93 bits per heavy atom. The molecule has 0 saturated heterocycles. The summed E-state index contributed by atoms with van der Waals surface area (Å²) in [5.74, 6) is 0.617. The van der Waals surface area contributed by atoms with Crippen LogP contribution in [-0.4, -0.2) is 23.0 Å². The van der Waals surface area contributed by atoms with Crippen LogP contribution in [0.15, 0.2) is 63.2 Å². The van der Waals surface area contributed by atoms with Gasteiger partial charge in [-0.2, -0.15) is 0 Å². The standard InChI is InChI=1S/C20H19FN4O3S2/c1-2-9-25-18-8-7-16(30(22,26)27)10-17(18)24-20(25)29-12-15-11-28-19(23-15)13-3-5-14(21)6-4-13/h3-8,10-11H,2,9,12H2,1H3,(H2,22,26,27). The Kier molecular flexibility index (Phi) is 5.63. The van der Waals surface area contributed by atoms with Crippen LogP contribution in [0.4, 0.5) is 4.39 Å². The van der Waals surface area contributed by atoms with E-state index in [1.165, 1.54) is 36.0 Å². The van der Waals surface area contributed by atoms with Crippen molar-refractivity contribution in [2.45, 2.75) is 35.7 Å². The number of aryl methyl sites for hydroxylation is 1. The lowest BCUT2D eigenvalue weighted by atomic mass is 10.2. The third-order valence-corrected chi connectivity index (χ3v) is 6.37. The molecule has 0 saturated carbocycles.